The topological polar surface area (TPSA) is 82.1 Å². The number of imide groups is 1. The Balaban J connectivity index is 1.75. The number of halogens is 1. The number of hydrogen-bond acceptors (Lipinski definition) is 6. The lowest BCUT2D eigenvalue weighted by Crippen LogP contribution is -2.33. The zero-order chi connectivity index (χ0) is 19.6. The minimum atomic E-state index is -0.698. The van der Waals surface area contributed by atoms with Crippen molar-refractivity contribution in [3.63, 3.8) is 0 Å². The Morgan fingerprint density at radius 3 is 2.30 bits per heavy atom. The van der Waals surface area contributed by atoms with E-state index in [1.54, 1.807) is 31.2 Å². The van der Waals surface area contributed by atoms with E-state index in [2.05, 4.69) is 15.9 Å². The Labute approximate surface area is 163 Å². The molecular formula is C19H16BrNO6. The van der Waals surface area contributed by atoms with Crippen LogP contribution < -0.4 is 9.47 Å². The molecule has 0 spiro atoms. The standard InChI is InChI=1S/C19H16BrNO6/c1-3-26-15-9-11(8-14(20)16(15)25-2)19(24)27-10-21-17(22)12-6-4-5-7-13(12)18(21)23/h4-9H,3,10H2,1-2H3. The number of nitrogens with zero attached hydrogens (tertiary/aromatic N) is 1. The molecule has 2 aromatic rings. The van der Waals surface area contributed by atoms with Gasteiger partial charge in [-0.25, -0.2) is 9.69 Å². The van der Waals surface area contributed by atoms with Crippen molar-refractivity contribution in [1.29, 1.82) is 0 Å². The summed E-state index contributed by atoms with van der Waals surface area (Å²) in [5.41, 5.74) is 0.788. The summed E-state index contributed by atoms with van der Waals surface area (Å²) in [7, 11) is 1.49. The van der Waals surface area contributed by atoms with Crippen LogP contribution in [-0.2, 0) is 4.74 Å². The molecule has 0 atom stereocenters. The minimum Gasteiger partial charge on any atom is -0.492 e. The van der Waals surface area contributed by atoms with Gasteiger partial charge in [-0.15, -0.1) is 0 Å². The van der Waals surface area contributed by atoms with Crippen LogP contribution in [0.25, 0.3) is 0 Å². The van der Waals surface area contributed by atoms with Crippen molar-refractivity contribution in [2.75, 3.05) is 20.4 Å². The number of carbonyl (C=O) groups is 3. The molecule has 2 aromatic carbocycles. The molecule has 0 bridgehead atoms. The Hall–Kier alpha value is -2.87. The summed E-state index contributed by atoms with van der Waals surface area (Å²) in [6.45, 7) is 1.72. The molecular weight excluding hydrogens is 418 g/mol. The normalized spacial score (nSPS) is 12.8. The number of amides is 2. The molecule has 0 aromatic heterocycles. The van der Waals surface area contributed by atoms with E-state index < -0.39 is 24.5 Å². The van der Waals surface area contributed by atoms with Gasteiger partial charge in [0.2, 0.25) is 0 Å². The molecule has 140 valence electrons. The van der Waals surface area contributed by atoms with Crippen LogP contribution in [0.2, 0.25) is 0 Å². The van der Waals surface area contributed by atoms with E-state index in [9.17, 15) is 14.4 Å². The van der Waals surface area contributed by atoms with E-state index in [0.717, 1.165) is 4.90 Å². The lowest BCUT2D eigenvalue weighted by atomic mass is 10.1. The predicted octanol–water partition coefficient (Wildman–Crippen LogP) is 3.27. The van der Waals surface area contributed by atoms with Gasteiger partial charge in [-0.3, -0.25) is 9.59 Å². The van der Waals surface area contributed by atoms with Crippen LogP contribution in [0.3, 0.4) is 0 Å². The van der Waals surface area contributed by atoms with Crippen LogP contribution in [0.1, 0.15) is 38.0 Å². The van der Waals surface area contributed by atoms with Gasteiger partial charge in [-0.2, -0.15) is 0 Å². The first-order chi connectivity index (χ1) is 13.0. The van der Waals surface area contributed by atoms with Crippen molar-refractivity contribution in [3.05, 3.63) is 57.6 Å². The first-order valence-electron chi connectivity index (χ1n) is 8.10. The fraction of sp³-hybridized carbons (Fsp3) is 0.211. The fourth-order valence-electron chi connectivity index (χ4n) is 2.71. The molecule has 0 N–H and O–H groups in total. The highest BCUT2D eigenvalue weighted by molar-refractivity contribution is 9.10. The van der Waals surface area contributed by atoms with Crippen molar-refractivity contribution in [2.45, 2.75) is 6.92 Å². The molecule has 0 fully saturated rings. The summed E-state index contributed by atoms with van der Waals surface area (Å²) >= 11 is 3.32. The lowest BCUT2D eigenvalue weighted by Gasteiger charge is -2.15. The van der Waals surface area contributed by atoms with Crippen molar-refractivity contribution in [2.24, 2.45) is 0 Å². The molecule has 0 aliphatic carbocycles. The molecule has 27 heavy (non-hydrogen) atoms. The molecule has 0 unspecified atom stereocenters. The largest absolute Gasteiger partial charge is 0.492 e. The first kappa shape index (κ1) is 18.9. The van der Waals surface area contributed by atoms with Gasteiger partial charge in [0.05, 0.1) is 34.9 Å². The number of benzene rings is 2. The highest BCUT2D eigenvalue weighted by Gasteiger charge is 2.35. The summed E-state index contributed by atoms with van der Waals surface area (Å²) < 4.78 is 16.4. The SMILES string of the molecule is CCOc1cc(C(=O)OCN2C(=O)c3ccccc3C2=O)cc(Br)c1OC. The average molecular weight is 434 g/mol. The van der Waals surface area contributed by atoms with Gasteiger partial charge in [-0.05, 0) is 47.1 Å². The Bertz CT molecular complexity index is 891. The van der Waals surface area contributed by atoms with Crippen LogP contribution in [0.4, 0.5) is 0 Å². The fourth-order valence-corrected chi connectivity index (χ4v) is 3.31. The van der Waals surface area contributed by atoms with Gasteiger partial charge < -0.3 is 14.2 Å². The number of methoxy groups -OCH3 is 1. The zero-order valence-corrected chi connectivity index (χ0v) is 16.2. The monoisotopic (exact) mass is 433 g/mol. The van der Waals surface area contributed by atoms with E-state index in [-0.39, 0.29) is 5.56 Å². The van der Waals surface area contributed by atoms with Crippen molar-refractivity contribution in [1.82, 2.24) is 4.90 Å². The highest BCUT2D eigenvalue weighted by atomic mass is 79.9. The molecule has 0 radical (unpaired) electrons. The minimum absolute atomic E-state index is 0.197. The smallest absolute Gasteiger partial charge is 0.340 e. The van der Waals surface area contributed by atoms with Crippen LogP contribution in [0.15, 0.2) is 40.9 Å². The van der Waals surface area contributed by atoms with Gasteiger partial charge in [-0.1, -0.05) is 12.1 Å². The Morgan fingerprint density at radius 1 is 1.11 bits per heavy atom. The third-order valence-corrected chi connectivity index (χ3v) is 4.54. The van der Waals surface area contributed by atoms with Crippen molar-refractivity contribution in [3.8, 4) is 11.5 Å². The number of ether oxygens (including phenoxy) is 3. The van der Waals surface area contributed by atoms with E-state index >= 15 is 0 Å². The van der Waals surface area contributed by atoms with Crippen molar-refractivity contribution >= 4 is 33.7 Å². The summed E-state index contributed by atoms with van der Waals surface area (Å²) in [5, 5.41) is 0. The van der Waals surface area contributed by atoms with Gasteiger partial charge in [0.25, 0.3) is 11.8 Å². The number of carbonyl (C=O) groups excluding carboxylic acids is 3. The van der Waals surface area contributed by atoms with E-state index in [1.807, 2.05) is 0 Å². The predicted molar refractivity (Wildman–Crippen MR) is 99.1 cm³/mol. The number of hydrogen-bond donors (Lipinski definition) is 0. The summed E-state index contributed by atoms with van der Waals surface area (Å²) in [5.74, 6) is -0.852. The molecule has 8 heteroatoms. The maximum atomic E-state index is 12.4. The maximum absolute atomic E-state index is 12.4. The molecule has 1 aliphatic heterocycles. The second-order valence-electron chi connectivity index (χ2n) is 5.57. The quantitative estimate of drug-likeness (QED) is 0.513. The summed E-state index contributed by atoms with van der Waals surface area (Å²) in [4.78, 5) is 37.9. The van der Waals surface area contributed by atoms with Crippen molar-refractivity contribution < 1.29 is 28.6 Å². The molecule has 0 saturated heterocycles. The third kappa shape index (κ3) is 3.52. The number of fused-ring (bicyclic) bond motifs is 1. The summed E-state index contributed by atoms with van der Waals surface area (Å²) in [6.07, 6.45) is 0. The maximum Gasteiger partial charge on any atom is 0.340 e. The molecule has 2 amide bonds. The number of rotatable bonds is 6. The van der Waals surface area contributed by atoms with Crippen LogP contribution in [0.5, 0.6) is 11.5 Å². The molecule has 1 heterocycles. The third-order valence-electron chi connectivity index (χ3n) is 3.95. The first-order valence-corrected chi connectivity index (χ1v) is 8.89. The van der Waals surface area contributed by atoms with E-state index in [1.165, 1.54) is 19.2 Å². The van der Waals surface area contributed by atoms with Gasteiger partial charge in [0.1, 0.15) is 0 Å². The molecule has 7 nitrogen and oxygen atoms in total. The van der Waals surface area contributed by atoms with Crippen LogP contribution >= 0.6 is 15.9 Å². The highest BCUT2D eigenvalue weighted by Crippen LogP contribution is 2.36. The lowest BCUT2D eigenvalue weighted by molar-refractivity contribution is 0.0227. The van der Waals surface area contributed by atoms with Gasteiger partial charge in [0.15, 0.2) is 18.2 Å². The average Bonchev–Trinajstić information content (AvgIpc) is 2.90. The van der Waals surface area contributed by atoms with Crippen LogP contribution in [-0.4, -0.2) is 43.1 Å². The second kappa shape index (κ2) is 7.79. The second-order valence-corrected chi connectivity index (χ2v) is 6.42. The molecule has 1 aliphatic rings. The van der Waals surface area contributed by atoms with Gasteiger partial charge >= 0.3 is 5.97 Å². The zero-order valence-electron chi connectivity index (χ0n) is 14.7. The van der Waals surface area contributed by atoms with Crippen LogP contribution in [0, 0.1) is 0 Å². The van der Waals surface area contributed by atoms with E-state index in [0.29, 0.717) is 33.7 Å². The number of esters is 1. The van der Waals surface area contributed by atoms with Gasteiger partial charge in [0, 0.05) is 0 Å². The molecule has 0 saturated carbocycles. The Kier molecular flexibility index (Phi) is 5.46. The Morgan fingerprint density at radius 2 is 1.74 bits per heavy atom. The summed E-state index contributed by atoms with van der Waals surface area (Å²) in [6, 6.07) is 9.47. The molecule has 3 rings (SSSR count). The van der Waals surface area contributed by atoms with E-state index in [4.69, 9.17) is 14.2 Å².